The summed E-state index contributed by atoms with van der Waals surface area (Å²) >= 11 is 0. The fraction of sp³-hybridized carbons (Fsp3) is 0.733. The molecule has 5 heteroatoms. The zero-order valence-corrected chi connectivity index (χ0v) is 12.6. The lowest BCUT2D eigenvalue weighted by Crippen LogP contribution is -2.39. The first-order chi connectivity index (χ1) is 9.72. The molecule has 0 aromatic carbocycles. The maximum atomic E-state index is 9.04. The van der Waals surface area contributed by atoms with E-state index in [4.69, 9.17) is 5.11 Å². The molecule has 5 nitrogen and oxygen atoms in total. The number of aryl methyl sites for hydroxylation is 2. The Morgan fingerprint density at radius 2 is 2.35 bits per heavy atom. The molecule has 2 heterocycles. The van der Waals surface area contributed by atoms with Gasteiger partial charge in [0.05, 0.1) is 6.61 Å². The van der Waals surface area contributed by atoms with E-state index < -0.39 is 0 Å². The Bertz CT molecular complexity index is 422. The van der Waals surface area contributed by atoms with Gasteiger partial charge in [0.1, 0.15) is 11.6 Å². The molecule has 0 aliphatic carbocycles. The van der Waals surface area contributed by atoms with Gasteiger partial charge in [-0.1, -0.05) is 6.92 Å². The predicted molar refractivity (Wildman–Crippen MR) is 80.9 cm³/mol. The first-order valence-electron chi connectivity index (χ1n) is 7.62. The molecule has 0 bridgehead atoms. The average molecular weight is 278 g/mol. The Kier molecular flexibility index (Phi) is 5.73. The molecule has 2 N–H and O–H groups in total. The number of β-amino-alcohol motifs (C(OH)–C–C–N with tert-alkyl or cyclic N) is 1. The largest absolute Gasteiger partial charge is 0.395 e. The normalized spacial score (nSPS) is 20.1. The molecule has 1 aliphatic rings. The second-order valence-electron chi connectivity index (χ2n) is 5.56. The lowest BCUT2D eigenvalue weighted by atomic mass is 9.98. The average Bonchev–Trinajstić information content (AvgIpc) is 2.46. The Morgan fingerprint density at radius 3 is 3.10 bits per heavy atom. The zero-order valence-electron chi connectivity index (χ0n) is 12.6. The van der Waals surface area contributed by atoms with Gasteiger partial charge >= 0.3 is 0 Å². The number of nitrogens with one attached hydrogen (secondary N) is 1. The number of hydrogen-bond acceptors (Lipinski definition) is 5. The molecule has 0 saturated carbocycles. The number of anilines is 1. The predicted octanol–water partition coefficient (Wildman–Crippen LogP) is 1.46. The summed E-state index contributed by atoms with van der Waals surface area (Å²) in [5.41, 5.74) is 1.18. The zero-order chi connectivity index (χ0) is 14.4. The molecule has 2 rings (SSSR count). The van der Waals surface area contributed by atoms with Crippen LogP contribution in [0.5, 0.6) is 0 Å². The minimum Gasteiger partial charge on any atom is -0.395 e. The van der Waals surface area contributed by atoms with Gasteiger partial charge in [-0.3, -0.25) is 0 Å². The van der Waals surface area contributed by atoms with Crippen LogP contribution in [0, 0.1) is 12.8 Å². The van der Waals surface area contributed by atoms with Gasteiger partial charge in [0.25, 0.3) is 0 Å². The van der Waals surface area contributed by atoms with Crippen LogP contribution in [0.1, 0.15) is 31.2 Å². The van der Waals surface area contributed by atoms with Crippen molar-refractivity contribution in [3.05, 3.63) is 17.6 Å². The summed E-state index contributed by atoms with van der Waals surface area (Å²) in [6.45, 7) is 8.24. The van der Waals surface area contributed by atoms with Gasteiger partial charge in [-0.15, -0.1) is 0 Å². The van der Waals surface area contributed by atoms with Crippen molar-refractivity contribution >= 4 is 5.82 Å². The van der Waals surface area contributed by atoms with E-state index in [1.54, 1.807) is 0 Å². The Balaban J connectivity index is 1.89. The fourth-order valence-corrected chi connectivity index (χ4v) is 2.81. The minimum atomic E-state index is 0.255. The summed E-state index contributed by atoms with van der Waals surface area (Å²) in [6.07, 6.45) is 5.34. The topological polar surface area (TPSA) is 61.3 Å². The van der Waals surface area contributed by atoms with Crippen LogP contribution in [0.15, 0.2) is 6.20 Å². The molecular weight excluding hydrogens is 252 g/mol. The number of piperidine rings is 1. The Morgan fingerprint density at radius 1 is 1.50 bits per heavy atom. The molecule has 1 aromatic heterocycles. The molecule has 112 valence electrons. The molecule has 20 heavy (non-hydrogen) atoms. The SMILES string of the molecule is CCc1cnc(C)nc1NCC1CCCN(CCO)C1. The van der Waals surface area contributed by atoms with Crippen molar-refractivity contribution in [2.75, 3.05) is 38.1 Å². The number of rotatable bonds is 6. The van der Waals surface area contributed by atoms with Crippen LogP contribution in [0.4, 0.5) is 5.82 Å². The second kappa shape index (κ2) is 7.55. The third-order valence-corrected chi connectivity index (χ3v) is 3.94. The van der Waals surface area contributed by atoms with E-state index in [9.17, 15) is 0 Å². The van der Waals surface area contributed by atoms with Crippen LogP contribution >= 0.6 is 0 Å². The highest BCUT2D eigenvalue weighted by atomic mass is 16.3. The third kappa shape index (κ3) is 4.15. The quantitative estimate of drug-likeness (QED) is 0.825. The summed E-state index contributed by atoms with van der Waals surface area (Å²) in [5, 5.41) is 12.5. The van der Waals surface area contributed by atoms with E-state index in [1.165, 1.54) is 18.4 Å². The maximum absolute atomic E-state index is 9.04. The number of hydrogen-bond donors (Lipinski definition) is 2. The van der Waals surface area contributed by atoms with E-state index in [0.717, 1.165) is 44.2 Å². The summed E-state index contributed by atoms with van der Waals surface area (Å²) < 4.78 is 0. The first-order valence-corrected chi connectivity index (χ1v) is 7.62. The molecule has 1 aromatic rings. The highest BCUT2D eigenvalue weighted by Gasteiger charge is 2.19. The van der Waals surface area contributed by atoms with Crippen LogP contribution in [-0.4, -0.2) is 52.8 Å². The van der Waals surface area contributed by atoms with E-state index in [2.05, 4.69) is 27.1 Å². The summed E-state index contributed by atoms with van der Waals surface area (Å²) in [7, 11) is 0. The molecule has 0 amide bonds. The Labute approximate surface area is 121 Å². The standard InChI is InChI=1S/C15H26N4O/c1-3-14-10-16-12(2)18-15(14)17-9-13-5-4-6-19(11-13)7-8-20/h10,13,20H,3-9,11H2,1-2H3,(H,16,17,18). The molecule has 0 radical (unpaired) electrons. The molecule has 1 unspecified atom stereocenters. The fourth-order valence-electron chi connectivity index (χ4n) is 2.81. The Hall–Kier alpha value is -1.20. The van der Waals surface area contributed by atoms with Gasteiger partial charge in [-0.2, -0.15) is 0 Å². The van der Waals surface area contributed by atoms with Crippen LogP contribution in [-0.2, 0) is 6.42 Å². The van der Waals surface area contributed by atoms with E-state index in [1.807, 2.05) is 13.1 Å². The lowest BCUT2D eigenvalue weighted by molar-refractivity contribution is 0.144. The van der Waals surface area contributed by atoms with Crippen molar-refractivity contribution in [3.63, 3.8) is 0 Å². The van der Waals surface area contributed by atoms with Crippen molar-refractivity contribution in [2.24, 2.45) is 5.92 Å². The van der Waals surface area contributed by atoms with Crippen LogP contribution < -0.4 is 5.32 Å². The highest BCUT2D eigenvalue weighted by Crippen LogP contribution is 2.18. The van der Waals surface area contributed by atoms with Gasteiger partial charge in [0, 0.05) is 31.4 Å². The number of aromatic nitrogens is 2. The van der Waals surface area contributed by atoms with Crippen molar-refractivity contribution < 1.29 is 5.11 Å². The third-order valence-electron chi connectivity index (χ3n) is 3.94. The van der Waals surface area contributed by atoms with Crippen LogP contribution in [0.2, 0.25) is 0 Å². The maximum Gasteiger partial charge on any atom is 0.132 e. The van der Waals surface area contributed by atoms with E-state index >= 15 is 0 Å². The summed E-state index contributed by atoms with van der Waals surface area (Å²) in [4.78, 5) is 11.1. The van der Waals surface area contributed by atoms with E-state index in [-0.39, 0.29) is 6.61 Å². The van der Waals surface area contributed by atoms with Gasteiger partial charge in [-0.05, 0) is 38.6 Å². The number of aliphatic hydroxyl groups is 1. The lowest BCUT2D eigenvalue weighted by Gasteiger charge is -2.32. The van der Waals surface area contributed by atoms with Crippen LogP contribution in [0.25, 0.3) is 0 Å². The molecule has 1 aliphatic heterocycles. The van der Waals surface area contributed by atoms with Crippen molar-refractivity contribution in [1.82, 2.24) is 14.9 Å². The van der Waals surface area contributed by atoms with Gasteiger partial charge in [0.2, 0.25) is 0 Å². The van der Waals surface area contributed by atoms with Crippen LogP contribution in [0.3, 0.4) is 0 Å². The minimum absolute atomic E-state index is 0.255. The van der Waals surface area contributed by atoms with Gasteiger partial charge in [-0.25, -0.2) is 9.97 Å². The smallest absolute Gasteiger partial charge is 0.132 e. The molecular formula is C15H26N4O. The molecule has 0 spiro atoms. The molecule has 1 saturated heterocycles. The molecule has 1 fully saturated rings. The van der Waals surface area contributed by atoms with Crippen molar-refractivity contribution in [1.29, 1.82) is 0 Å². The van der Waals surface area contributed by atoms with Crippen molar-refractivity contribution in [2.45, 2.75) is 33.1 Å². The highest BCUT2D eigenvalue weighted by molar-refractivity contribution is 5.42. The van der Waals surface area contributed by atoms with E-state index in [0.29, 0.717) is 5.92 Å². The molecule has 1 atom stereocenters. The monoisotopic (exact) mass is 278 g/mol. The van der Waals surface area contributed by atoms with Crippen molar-refractivity contribution in [3.8, 4) is 0 Å². The van der Waals surface area contributed by atoms with Gasteiger partial charge in [0.15, 0.2) is 0 Å². The number of likely N-dealkylation sites (tertiary alicyclic amines) is 1. The van der Waals surface area contributed by atoms with Gasteiger partial charge < -0.3 is 15.3 Å². The number of nitrogens with zero attached hydrogens (tertiary/aromatic N) is 3. The number of aliphatic hydroxyl groups excluding tert-OH is 1. The first kappa shape index (κ1) is 15.2. The summed E-state index contributed by atoms with van der Waals surface area (Å²) in [5.74, 6) is 2.44. The second-order valence-corrected chi connectivity index (χ2v) is 5.56. The summed E-state index contributed by atoms with van der Waals surface area (Å²) in [6, 6.07) is 0.